The fraction of sp³-hybridized carbons (Fsp3) is 0.583. The minimum Gasteiger partial charge on any atom is -0.481 e. The molecule has 0 bridgehead atoms. The third-order valence-corrected chi connectivity index (χ3v) is 2.28. The van der Waals surface area contributed by atoms with E-state index in [1.54, 1.807) is 18.5 Å². The van der Waals surface area contributed by atoms with E-state index in [1.807, 2.05) is 20.8 Å². The standard InChI is InChI=1S/C12H19N3O2/c1-12(2,3)7-9(10(16)17)8-15-11-13-5-4-6-14-11/h4-6,9H,7-8H2,1-3H3,(H,16,17)(H,13,14,15). The number of nitrogens with zero attached hydrogens (tertiary/aromatic N) is 2. The van der Waals surface area contributed by atoms with Gasteiger partial charge in [0.15, 0.2) is 0 Å². The highest BCUT2D eigenvalue weighted by Crippen LogP contribution is 2.24. The molecule has 0 aliphatic carbocycles. The molecule has 0 saturated carbocycles. The van der Waals surface area contributed by atoms with Crippen LogP contribution in [0.1, 0.15) is 27.2 Å². The zero-order chi connectivity index (χ0) is 12.9. The molecular weight excluding hydrogens is 218 g/mol. The van der Waals surface area contributed by atoms with Gasteiger partial charge >= 0.3 is 5.97 Å². The largest absolute Gasteiger partial charge is 0.481 e. The van der Waals surface area contributed by atoms with Crippen molar-refractivity contribution < 1.29 is 9.90 Å². The minimum atomic E-state index is -0.789. The number of nitrogens with one attached hydrogen (secondary N) is 1. The molecule has 1 atom stereocenters. The van der Waals surface area contributed by atoms with Crippen molar-refractivity contribution >= 4 is 11.9 Å². The normalized spacial score (nSPS) is 13.1. The molecule has 1 aromatic rings. The molecule has 5 nitrogen and oxygen atoms in total. The van der Waals surface area contributed by atoms with E-state index in [4.69, 9.17) is 5.11 Å². The Morgan fingerprint density at radius 3 is 2.47 bits per heavy atom. The molecule has 0 aromatic carbocycles. The van der Waals surface area contributed by atoms with Gasteiger partial charge in [0, 0.05) is 18.9 Å². The summed E-state index contributed by atoms with van der Waals surface area (Å²) in [6, 6.07) is 1.72. The molecule has 0 aliphatic rings. The van der Waals surface area contributed by atoms with E-state index in [2.05, 4.69) is 15.3 Å². The predicted octanol–water partition coefficient (Wildman–Crippen LogP) is 2.03. The van der Waals surface area contributed by atoms with E-state index in [9.17, 15) is 4.79 Å². The van der Waals surface area contributed by atoms with Gasteiger partial charge in [0.2, 0.25) is 5.95 Å². The highest BCUT2D eigenvalue weighted by atomic mass is 16.4. The van der Waals surface area contributed by atoms with E-state index in [0.29, 0.717) is 18.9 Å². The molecule has 1 rings (SSSR count). The van der Waals surface area contributed by atoms with Crippen molar-refractivity contribution in [1.82, 2.24) is 9.97 Å². The second-order valence-corrected chi connectivity index (χ2v) is 5.25. The Hall–Kier alpha value is -1.65. The maximum atomic E-state index is 11.1. The van der Waals surface area contributed by atoms with Gasteiger partial charge in [-0.3, -0.25) is 4.79 Å². The number of aliphatic carboxylic acids is 1. The van der Waals surface area contributed by atoms with Crippen LogP contribution in [0, 0.1) is 11.3 Å². The van der Waals surface area contributed by atoms with Crippen LogP contribution in [0.15, 0.2) is 18.5 Å². The van der Waals surface area contributed by atoms with Gasteiger partial charge in [-0.2, -0.15) is 0 Å². The maximum Gasteiger partial charge on any atom is 0.308 e. The first-order valence-electron chi connectivity index (χ1n) is 5.62. The first-order valence-corrected chi connectivity index (χ1v) is 5.62. The summed E-state index contributed by atoms with van der Waals surface area (Å²) in [5, 5.41) is 12.1. The predicted molar refractivity (Wildman–Crippen MR) is 65.7 cm³/mol. The Kier molecular flexibility index (Phi) is 4.43. The summed E-state index contributed by atoms with van der Waals surface area (Å²) in [6.45, 7) is 6.43. The zero-order valence-corrected chi connectivity index (χ0v) is 10.5. The van der Waals surface area contributed by atoms with Gasteiger partial charge < -0.3 is 10.4 Å². The minimum absolute atomic E-state index is 0.0116. The van der Waals surface area contributed by atoms with E-state index in [-0.39, 0.29) is 5.41 Å². The number of carboxylic acid groups (broad SMARTS) is 1. The summed E-state index contributed by atoms with van der Waals surface area (Å²) in [5.41, 5.74) is -0.0116. The van der Waals surface area contributed by atoms with Crippen molar-refractivity contribution in [1.29, 1.82) is 0 Å². The van der Waals surface area contributed by atoms with Crippen molar-refractivity contribution in [2.45, 2.75) is 27.2 Å². The Labute approximate surface area is 101 Å². The lowest BCUT2D eigenvalue weighted by atomic mass is 9.84. The topological polar surface area (TPSA) is 75.1 Å². The van der Waals surface area contributed by atoms with Crippen LogP contribution in [-0.2, 0) is 4.79 Å². The molecule has 5 heteroatoms. The molecular formula is C12H19N3O2. The van der Waals surface area contributed by atoms with Crippen LogP contribution in [0.25, 0.3) is 0 Å². The smallest absolute Gasteiger partial charge is 0.308 e. The Morgan fingerprint density at radius 1 is 1.41 bits per heavy atom. The first kappa shape index (κ1) is 13.4. The number of hydrogen-bond acceptors (Lipinski definition) is 4. The molecule has 0 spiro atoms. The molecule has 94 valence electrons. The maximum absolute atomic E-state index is 11.1. The SMILES string of the molecule is CC(C)(C)CC(CNc1ncccn1)C(=O)O. The van der Waals surface area contributed by atoms with Gasteiger partial charge in [-0.05, 0) is 17.9 Å². The number of carboxylic acids is 1. The summed E-state index contributed by atoms with van der Waals surface area (Å²) < 4.78 is 0. The second kappa shape index (κ2) is 5.61. The molecule has 1 heterocycles. The van der Waals surface area contributed by atoms with Crippen molar-refractivity contribution in [3.05, 3.63) is 18.5 Å². The number of rotatable bonds is 5. The second-order valence-electron chi connectivity index (χ2n) is 5.25. The monoisotopic (exact) mass is 237 g/mol. The molecule has 0 amide bonds. The fourth-order valence-electron chi connectivity index (χ4n) is 1.59. The molecule has 17 heavy (non-hydrogen) atoms. The average Bonchev–Trinajstić information content (AvgIpc) is 2.24. The van der Waals surface area contributed by atoms with Crippen molar-refractivity contribution in [3.8, 4) is 0 Å². The molecule has 0 fully saturated rings. The summed E-state index contributed by atoms with van der Waals surface area (Å²) in [7, 11) is 0. The summed E-state index contributed by atoms with van der Waals surface area (Å²) in [6.07, 6.45) is 3.85. The van der Waals surface area contributed by atoms with Gasteiger partial charge in [0.1, 0.15) is 0 Å². The van der Waals surface area contributed by atoms with E-state index >= 15 is 0 Å². The number of hydrogen-bond donors (Lipinski definition) is 2. The molecule has 2 N–H and O–H groups in total. The van der Waals surface area contributed by atoms with Crippen LogP contribution in [-0.4, -0.2) is 27.6 Å². The molecule has 1 aromatic heterocycles. The highest BCUT2D eigenvalue weighted by Gasteiger charge is 2.24. The first-order chi connectivity index (χ1) is 7.88. The Bertz CT molecular complexity index is 360. The van der Waals surface area contributed by atoms with Crippen LogP contribution < -0.4 is 5.32 Å². The number of aromatic nitrogens is 2. The quantitative estimate of drug-likeness (QED) is 0.819. The van der Waals surface area contributed by atoms with Crippen molar-refractivity contribution in [2.24, 2.45) is 11.3 Å². The third kappa shape index (κ3) is 5.29. The number of anilines is 1. The van der Waals surface area contributed by atoms with Gasteiger partial charge in [0.05, 0.1) is 5.92 Å². The van der Waals surface area contributed by atoms with Crippen molar-refractivity contribution in [3.63, 3.8) is 0 Å². The summed E-state index contributed by atoms with van der Waals surface area (Å²) in [5.74, 6) is -0.755. The van der Waals surface area contributed by atoms with Gasteiger partial charge in [0.25, 0.3) is 0 Å². The lowest BCUT2D eigenvalue weighted by Crippen LogP contribution is -2.27. The van der Waals surface area contributed by atoms with Crippen LogP contribution >= 0.6 is 0 Å². The third-order valence-electron chi connectivity index (χ3n) is 2.28. The van der Waals surface area contributed by atoms with Crippen LogP contribution in [0.3, 0.4) is 0 Å². The Balaban J connectivity index is 2.54. The van der Waals surface area contributed by atoms with Gasteiger partial charge in [-0.1, -0.05) is 20.8 Å². The van der Waals surface area contributed by atoms with E-state index < -0.39 is 11.9 Å². The van der Waals surface area contributed by atoms with Gasteiger partial charge in [-0.15, -0.1) is 0 Å². The number of carbonyl (C=O) groups is 1. The van der Waals surface area contributed by atoms with E-state index in [1.165, 1.54) is 0 Å². The summed E-state index contributed by atoms with van der Waals surface area (Å²) >= 11 is 0. The zero-order valence-electron chi connectivity index (χ0n) is 10.5. The Morgan fingerprint density at radius 2 is 2.00 bits per heavy atom. The molecule has 0 radical (unpaired) electrons. The molecule has 0 saturated heterocycles. The highest BCUT2D eigenvalue weighted by molar-refractivity contribution is 5.70. The average molecular weight is 237 g/mol. The van der Waals surface area contributed by atoms with Crippen molar-refractivity contribution in [2.75, 3.05) is 11.9 Å². The van der Waals surface area contributed by atoms with Crippen LogP contribution in [0.4, 0.5) is 5.95 Å². The van der Waals surface area contributed by atoms with Gasteiger partial charge in [-0.25, -0.2) is 9.97 Å². The molecule has 0 aliphatic heterocycles. The molecule has 1 unspecified atom stereocenters. The summed E-state index contributed by atoms with van der Waals surface area (Å²) in [4.78, 5) is 19.1. The lowest BCUT2D eigenvalue weighted by molar-refractivity contribution is -0.142. The van der Waals surface area contributed by atoms with Crippen LogP contribution in [0.2, 0.25) is 0 Å². The van der Waals surface area contributed by atoms with E-state index in [0.717, 1.165) is 0 Å². The lowest BCUT2D eigenvalue weighted by Gasteiger charge is -2.23. The van der Waals surface area contributed by atoms with Crippen LogP contribution in [0.5, 0.6) is 0 Å². The fourth-order valence-corrected chi connectivity index (χ4v) is 1.59.